The van der Waals surface area contributed by atoms with Gasteiger partial charge in [-0.05, 0) is 38.6 Å². The fourth-order valence-corrected chi connectivity index (χ4v) is 2.06. The number of hydrogen-bond donors (Lipinski definition) is 1. The normalized spacial score (nSPS) is 24.5. The predicted molar refractivity (Wildman–Crippen MR) is 60.5 cm³/mol. The topological polar surface area (TPSA) is 21.3 Å². The van der Waals surface area contributed by atoms with Gasteiger partial charge in [-0.3, -0.25) is 0 Å². The van der Waals surface area contributed by atoms with Crippen molar-refractivity contribution in [2.45, 2.75) is 51.2 Å². The second-order valence-electron chi connectivity index (χ2n) is 3.94. The highest BCUT2D eigenvalue weighted by molar-refractivity contribution is 4.81. The largest absolute Gasteiger partial charge is 0.377 e. The van der Waals surface area contributed by atoms with Crippen LogP contribution in [-0.4, -0.2) is 25.3 Å². The summed E-state index contributed by atoms with van der Waals surface area (Å²) in [7, 11) is 0. The van der Waals surface area contributed by atoms with Crippen LogP contribution >= 0.6 is 0 Å². The number of likely N-dealkylation sites (N-methyl/N-ethyl adjacent to an activating group) is 1. The molecule has 0 spiro atoms. The summed E-state index contributed by atoms with van der Waals surface area (Å²) in [4.78, 5) is 0. The van der Waals surface area contributed by atoms with Gasteiger partial charge in [0.25, 0.3) is 0 Å². The zero-order valence-electron chi connectivity index (χ0n) is 9.30. The summed E-state index contributed by atoms with van der Waals surface area (Å²) >= 11 is 0. The fraction of sp³-hybridized carbons (Fsp3) is 0.833. The van der Waals surface area contributed by atoms with Crippen molar-refractivity contribution in [1.29, 1.82) is 0 Å². The molecule has 0 radical (unpaired) electrons. The van der Waals surface area contributed by atoms with Crippen LogP contribution in [0.25, 0.3) is 0 Å². The van der Waals surface area contributed by atoms with Gasteiger partial charge < -0.3 is 10.1 Å². The van der Waals surface area contributed by atoms with E-state index in [9.17, 15) is 0 Å². The van der Waals surface area contributed by atoms with Gasteiger partial charge in [-0.15, -0.1) is 6.58 Å². The molecule has 2 nitrogen and oxygen atoms in total. The van der Waals surface area contributed by atoms with Gasteiger partial charge in [0, 0.05) is 12.6 Å². The van der Waals surface area contributed by atoms with Gasteiger partial charge in [0.1, 0.15) is 0 Å². The van der Waals surface area contributed by atoms with Crippen LogP contribution in [-0.2, 0) is 4.74 Å². The van der Waals surface area contributed by atoms with E-state index in [1.54, 1.807) is 0 Å². The van der Waals surface area contributed by atoms with Crippen LogP contribution in [0.15, 0.2) is 12.7 Å². The fourth-order valence-electron chi connectivity index (χ4n) is 2.06. The Morgan fingerprint density at radius 2 is 2.43 bits per heavy atom. The van der Waals surface area contributed by atoms with Gasteiger partial charge in [0.15, 0.2) is 0 Å². The molecule has 1 aliphatic heterocycles. The van der Waals surface area contributed by atoms with E-state index in [1.165, 1.54) is 19.3 Å². The van der Waals surface area contributed by atoms with E-state index in [1.807, 2.05) is 6.08 Å². The molecular weight excluding hydrogens is 174 g/mol. The molecule has 0 aromatic heterocycles. The highest BCUT2D eigenvalue weighted by Gasteiger charge is 2.22. The van der Waals surface area contributed by atoms with Crippen molar-refractivity contribution in [2.24, 2.45) is 0 Å². The first-order valence-corrected chi connectivity index (χ1v) is 5.84. The van der Waals surface area contributed by atoms with Crippen molar-refractivity contribution in [3.05, 3.63) is 12.7 Å². The average molecular weight is 197 g/mol. The van der Waals surface area contributed by atoms with Gasteiger partial charge in [-0.1, -0.05) is 13.0 Å². The predicted octanol–water partition coefficient (Wildman–Crippen LogP) is 2.50. The quantitative estimate of drug-likeness (QED) is 0.661. The summed E-state index contributed by atoms with van der Waals surface area (Å²) in [5.41, 5.74) is 0. The Hall–Kier alpha value is -0.340. The average Bonchev–Trinajstić information content (AvgIpc) is 2.25. The SMILES string of the molecule is C=CCCC(NCC)C1CCCCO1. The summed E-state index contributed by atoms with van der Waals surface area (Å²) in [6, 6.07) is 0.526. The van der Waals surface area contributed by atoms with E-state index < -0.39 is 0 Å². The lowest BCUT2D eigenvalue weighted by molar-refractivity contribution is -0.00871. The molecule has 1 fully saturated rings. The minimum absolute atomic E-state index is 0.434. The monoisotopic (exact) mass is 197 g/mol. The number of rotatable bonds is 6. The third-order valence-corrected chi connectivity index (χ3v) is 2.81. The first-order chi connectivity index (χ1) is 6.88. The Morgan fingerprint density at radius 3 is 3.00 bits per heavy atom. The van der Waals surface area contributed by atoms with Crippen molar-refractivity contribution in [3.8, 4) is 0 Å². The number of hydrogen-bond acceptors (Lipinski definition) is 2. The molecule has 2 unspecified atom stereocenters. The zero-order valence-corrected chi connectivity index (χ0v) is 9.30. The minimum Gasteiger partial charge on any atom is -0.377 e. The van der Waals surface area contributed by atoms with Crippen molar-refractivity contribution in [3.63, 3.8) is 0 Å². The lowest BCUT2D eigenvalue weighted by Gasteiger charge is -2.30. The van der Waals surface area contributed by atoms with Crippen LogP contribution in [0.2, 0.25) is 0 Å². The molecule has 1 aliphatic rings. The molecule has 1 rings (SSSR count). The lowest BCUT2D eigenvalue weighted by atomic mass is 9.98. The van der Waals surface area contributed by atoms with Crippen LogP contribution in [0.5, 0.6) is 0 Å². The van der Waals surface area contributed by atoms with Crippen LogP contribution in [0.3, 0.4) is 0 Å². The molecule has 82 valence electrons. The Bertz CT molecular complexity index is 152. The van der Waals surface area contributed by atoms with Crippen molar-refractivity contribution in [2.75, 3.05) is 13.2 Å². The molecule has 1 N–H and O–H groups in total. The van der Waals surface area contributed by atoms with Gasteiger partial charge >= 0.3 is 0 Å². The maximum atomic E-state index is 5.79. The van der Waals surface area contributed by atoms with E-state index in [0.717, 1.165) is 26.0 Å². The molecule has 0 aromatic rings. The Kier molecular flexibility index (Phi) is 5.88. The van der Waals surface area contributed by atoms with Crippen LogP contribution < -0.4 is 5.32 Å². The molecule has 2 atom stereocenters. The highest BCUT2D eigenvalue weighted by atomic mass is 16.5. The highest BCUT2D eigenvalue weighted by Crippen LogP contribution is 2.18. The molecular formula is C12H23NO. The molecule has 1 heterocycles. The first kappa shape index (κ1) is 11.7. The Balaban J connectivity index is 2.33. The van der Waals surface area contributed by atoms with E-state index in [0.29, 0.717) is 12.1 Å². The first-order valence-electron chi connectivity index (χ1n) is 5.84. The lowest BCUT2D eigenvalue weighted by Crippen LogP contribution is -2.42. The summed E-state index contributed by atoms with van der Waals surface area (Å²) < 4.78 is 5.79. The molecule has 14 heavy (non-hydrogen) atoms. The maximum Gasteiger partial charge on any atom is 0.0728 e. The summed E-state index contributed by atoms with van der Waals surface area (Å²) in [5, 5.41) is 3.51. The van der Waals surface area contributed by atoms with Crippen LogP contribution in [0, 0.1) is 0 Å². The van der Waals surface area contributed by atoms with Crippen LogP contribution in [0.4, 0.5) is 0 Å². The smallest absolute Gasteiger partial charge is 0.0728 e. The summed E-state index contributed by atoms with van der Waals surface area (Å²) in [6.45, 7) is 7.90. The van der Waals surface area contributed by atoms with Crippen LogP contribution in [0.1, 0.15) is 39.0 Å². The van der Waals surface area contributed by atoms with Crippen molar-refractivity contribution < 1.29 is 4.74 Å². The van der Waals surface area contributed by atoms with Crippen molar-refractivity contribution >= 4 is 0 Å². The Labute approximate surface area is 87.7 Å². The molecule has 0 bridgehead atoms. The number of nitrogens with one attached hydrogen (secondary N) is 1. The minimum atomic E-state index is 0.434. The molecule has 0 saturated carbocycles. The second-order valence-corrected chi connectivity index (χ2v) is 3.94. The Morgan fingerprint density at radius 1 is 1.57 bits per heavy atom. The number of allylic oxidation sites excluding steroid dienone is 1. The molecule has 0 aromatic carbocycles. The van der Waals surface area contributed by atoms with Gasteiger partial charge in [-0.2, -0.15) is 0 Å². The van der Waals surface area contributed by atoms with Gasteiger partial charge in [-0.25, -0.2) is 0 Å². The summed E-state index contributed by atoms with van der Waals surface area (Å²) in [6.07, 6.45) is 8.43. The second kappa shape index (κ2) is 7.02. The molecule has 0 aliphatic carbocycles. The third kappa shape index (κ3) is 3.81. The van der Waals surface area contributed by atoms with E-state index >= 15 is 0 Å². The molecule has 0 amide bonds. The van der Waals surface area contributed by atoms with E-state index in [2.05, 4.69) is 18.8 Å². The number of ether oxygens (including phenoxy) is 1. The zero-order chi connectivity index (χ0) is 10.2. The molecule has 2 heteroatoms. The van der Waals surface area contributed by atoms with Crippen molar-refractivity contribution in [1.82, 2.24) is 5.32 Å². The van der Waals surface area contributed by atoms with E-state index in [-0.39, 0.29) is 0 Å². The standard InChI is InChI=1S/C12H23NO/c1-3-5-8-11(13-4-2)12-9-6-7-10-14-12/h3,11-13H,1,4-10H2,2H3. The molecule has 1 saturated heterocycles. The van der Waals surface area contributed by atoms with Gasteiger partial charge in [0.2, 0.25) is 0 Å². The van der Waals surface area contributed by atoms with E-state index in [4.69, 9.17) is 4.74 Å². The summed E-state index contributed by atoms with van der Waals surface area (Å²) in [5.74, 6) is 0. The van der Waals surface area contributed by atoms with Gasteiger partial charge in [0.05, 0.1) is 6.10 Å². The third-order valence-electron chi connectivity index (χ3n) is 2.81. The maximum absolute atomic E-state index is 5.79.